The smallest absolute Gasteiger partial charge is 0.322 e. The molecule has 2 heterocycles. The summed E-state index contributed by atoms with van der Waals surface area (Å²) in [4.78, 5) is 25.9. The number of hydrogen-bond donors (Lipinski definition) is 1. The first-order valence-electron chi connectivity index (χ1n) is 7.95. The average Bonchev–Trinajstić information content (AvgIpc) is 3.14. The van der Waals surface area contributed by atoms with Crippen LogP contribution in [-0.2, 0) is 9.59 Å². The van der Waals surface area contributed by atoms with E-state index in [2.05, 4.69) is 15.5 Å². The SMILES string of the molecule is CC(C)(C)C(=O)Nc1nnc(C2CC(=O)N(c3ccc(Cl)cc3)C2)o1. The predicted molar refractivity (Wildman–Crippen MR) is 93.5 cm³/mol. The van der Waals surface area contributed by atoms with Crippen molar-refractivity contribution in [3.63, 3.8) is 0 Å². The van der Waals surface area contributed by atoms with Crippen molar-refractivity contribution in [1.29, 1.82) is 0 Å². The van der Waals surface area contributed by atoms with Gasteiger partial charge in [0.1, 0.15) is 0 Å². The molecular formula is C17H19ClN4O3. The Hall–Kier alpha value is -2.41. The highest BCUT2D eigenvalue weighted by Crippen LogP contribution is 2.32. The highest BCUT2D eigenvalue weighted by atomic mass is 35.5. The van der Waals surface area contributed by atoms with E-state index in [1.165, 1.54) is 0 Å². The summed E-state index contributed by atoms with van der Waals surface area (Å²) in [6.45, 7) is 5.81. The number of carbonyl (C=O) groups is 2. The van der Waals surface area contributed by atoms with Crippen molar-refractivity contribution in [3.05, 3.63) is 35.2 Å². The van der Waals surface area contributed by atoms with Crippen LogP contribution in [0.2, 0.25) is 5.02 Å². The number of benzene rings is 1. The fraction of sp³-hybridized carbons (Fsp3) is 0.412. The number of halogens is 1. The Morgan fingerprint density at radius 3 is 2.60 bits per heavy atom. The molecule has 0 aliphatic carbocycles. The lowest BCUT2D eigenvalue weighted by molar-refractivity contribution is -0.123. The van der Waals surface area contributed by atoms with Crippen molar-refractivity contribution in [2.75, 3.05) is 16.8 Å². The van der Waals surface area contributed by atoms with Gasteiger partial charge in [-0.1, -0.05) is 37.5 Å². The number of rotatable bonds is 3. The number of nitrogens with one attached hydrogen (secondary N) is 1. The van der Waals surface area contributed by atoms with E-state index in [0.29, 0.717) is 17.5 Å². The Morgan fingerprint density at radius 1 is 1.28 bits per heavy atom. The molecule has 0 bridgehead atoms. The molecule has 1 aliphatic heterocycles. The predicted octanol–water partition coefficient (Wildman–Crippen LogP) is 3.23. The van der Waals surface area contributed by atoms with Gasteiger partial charge in [-0.05, 0) is 24.3 Å². The maximum atomic E-state index is 12.3. The Bertz CT molecular complexity index is 795. The van der Waals surface area contributed by atoms with Crippen molar-refractivity contribution < 1.29 is 14.0 Å². The van der Waals surface area contributed by atoms with E-state index >= 15 is 0 Å². The Morgan fingerprint density at radius 2 is 1.96 bits per heavy atom. The van der Waals surface area contributed by atoms with Crippen LogP contribution >= 0.6 is 11.6 Å². The number of aromatic nitrogens is 2. The largest absolute Gasteiger partial charge is 0.407 e. The molecule has 2 amide bonds. The van der Waals surface area contributed by atoms with Crippen molar-refractivity contribution in [1.82, 2.24) is 10.2 Å². The van der Waals surface area contributed by atoms with Crippen LogP contribution in [0.15, 0.2) is 28.7 Å². The lowest BCUT2D eigenvalue weighted by Gasteiger charge is -2.16. The second-order valence-corrected chi connectivity index (χ2v) is 7.47. The molecular weight excluding hydrogens is 344 g/mol. The number of amides is 2. The molecule has 1 aromatic heterocycles. The van der Waals surface area contributed by atoms with Crippen molar-refractivity contribution in [2.45, 2.75) is 33.1 Å². The third-order valence-electron chi connectivity index (χ3n) is 3.95. The van der Waals surface area contributed by atoms with Crippen LogP contribution in [0, 0.1) is 5.41 Å². The number of anilines is 2. The van der Waals surface area contributed by atoms with Gasteiger partial charge in [-0.25, -0.2) is 0 Å². The van der Waals surface area contributed by atoms with Crippen LogP contribution in [0.25, 0.3) is 0 Å². The zero-order chi connectivity index (χ0) is 18.2. The van der Waals surface area contributed by atoms with E-state index < -0.39 is 5.41 Å². The zero-order valence-electron chi connectivity index (χ0n) is 14.2. The molecule has 1 unspecified atom stereocenters. The van der Waals surface area contributed by atoms with E-state index in [9.17, 15) is 9.59 Å². The van der Waals surface area contributed by atoms with Crippen LogP contribution in [0.1, 0.15) is 39.0 Å². The topological polar surface area (TPSA) is 88.3 Å². The van der Waals surface area contributed by atoms with Gasteiger partial charge in [-0.3, -0.25) is 14.9 Å². The minimum absolute atomic E-state index is 0.0224. The monoisotopic (exact) mass is 362 g/mol. The van der Waals surface area contributed by atoms with E-state index in [1.54, 1.807) is 49.9 Å². The first-order valence-corrected chi connectivity index (χ1v) is 8.32. The lowest BCUT2D eigenvalue weighted by atomic mass is 9.96. The molecule has 7 nitrogen and oxygen atoms in total. The summed E-state index contributed by atoms with van der Waals surface area (Å²) in [5, 5.41) is 11.0. The fourth-order valence-corrected chi connectivity index (χ4v) is 2.60. The number of nitrogens with zero attached hydrogens (tertiary/aromatic N) is 3. The van der Waals surface area contributed by atoms with Gasteiger partial charge in [-0.2, -0.15) is 0 Å². The van der Waals surface area contributed by atoms with Gasteiger partial charge < -0.3 is 9.32 Å². The normalized spacial score (nSPS) is 17.8. The molecule has 3 rings (SSSR count). The van der Waals surface area contributed by atoms with E-state index in [-0.39, 0.29) is 30.2 Å². The quantitative estimate of drug-likeness (QED) is 0.905. The molecule has 0 radical (unpaired) electrons. The Labute approximate surface area is 150 Å². The standard InChI is InChI=1S/C17H19ClN4O3/c1-17(2,3)15(24)19-16-21-20-14(25-16)10-8-13(23)22(9-10)12-6-4-11(18)5-7-12/h4-7,10H,8-9H2,1-3H3,(H,19,21,24). The fourth-order valence-electron chi connectivity index (χ4n) is 2.48. The average molecular weight is 363 g/mol. The van der Waals surface area contributed by atoms with Gasteiger partial charge in [-0.15, -0.1) is 5.10 Å². The summed E-state index contributed by atoms with van der Waals surface area (Å²) in [5.74, 6) is -0.108. The summed E-state index contributed by atoms with van der Waals surface area (Å²) < 4.78 is 5.53. The van der Waals surface area contributed by atoms with Crippen LogP contribution in [0.5, 0.6) is 0 Å². The van der Waals surface area contributed by atoms with Crippen LogP contribution < -0.4 is 10.2 Å². The molecule has 1 atom stereocenters. The number of carbonyl (C=O) groups excluding carboxylic acids is 2. The van der Waals surface area contributed by atoms with Crippen molar-refractivity contribution >= 4 is 35.1 Å². The summed E-state index contributed by atoms with van der Waals surface area (Å²) in [5.41, 5.74) is 0.209. The molecule has 0 spiro atoms. The van der Waals surface area contributed by atoms with Crippen molar-refractivity contribution in [3.8, 4) is 0 Å². The van der Waals surface area contributed by atoms with Gasteiger partial charge in [0.05, 0.1) is 5.92 Å². The highest BCUT2D eigenvalue weighted by molar-refractivity contribution is 6.30. The second kappa shape index (κ2) is 6.48. The van der Waals surface area contributed by atoms with Gasteiger partial charge >= 0.3 is 6.01 Å². The minimum atomic E-state index is -0.566. The minimum Gasteiger partial charge on any atom is -0.407 e. The van der Waals surface area contributed by atoms with Gasteiger partial charge in [0.15, 0.2) is 0 Å². The molecule has 2 aromatic rings. The van der Waals surface area contributed by atoms with Crippen LogP contribution in [0.3, 0.4) is 0 Å². The molecule has 1 saturated heterocycles. The van der Waals surface area contributed by atoms with Crippen molar-refractivity contribution in [2.24, 2.45) is 5.41 Å². The molecule has 8 heteroatoms. The summed E-state index contributed by atoms with van der Waals surface area (Å²) >= 11 is 5.88. The third kappa shape index (κ3) is 3.82. The number of hydrogen-bond acceptors (Lipinski definition) is 5. The molecule has 0 saturated carbocycles. The van der Waals surface area contributed by atoms with Gasteiger partial charge in [0, 0.05) is 29.1 Å². The summed E-state index contributed by atoms with van der Waals surface area (Å²) in [7, 11) is 0. The maximum Gasteiger partial charge on any atom is 0.322 e. The second-order valence-electron chi connectivity index (χ2n) is 7.03. The van der Waals surface area contributed by atoms with Crippen LogP contribution in [0.4, 0.5) is 11.7 Å². The van der Waals surface area contributed by atoms with E-state index in [0.717, 1.165) is 5.69 Å². The molecule has 132 valence electrons. The first-order chi connectivity index (χ1) is 11.7. The van der Waals surface area contributed by atoms with Crippen LogP contribution in [-0.4, -0.2) is 28.6 Å². The summed E-state index contributed by atoms with van der Waals surface area (Å²) in [6, 6.07) is 7.12. The Kier molecular flexibility index (Phi) is 4.51. The molecule has 1 aliphatic rings. The van der Waals surface area contributed by atoms with E-state index in [1.807, 2.05) is 0 Å². The van der Waals surface area contributed by atoms with E-state index in [4.69, 9.17) is 16.0 Å². The molecule has 1 aromatic carbocycles. The molecule has 25 heavy (non-hydrogen) atoms. The summed E-state index contributed by atoms with van der Waals surface area (Å²) in [6.07, 6.45) is 0.275. The van der Waals surface area contributed by atoms with Gasteiger partial charge in [0.25, 0.3) is 0 Å². The maximum absolute atomic E-state index is 12.3. The molecule has 1 N–H and O–H groups in total. The molecule has 1 fully saturated rings. The highest BCUT2D eigenvalue weighted by Gasteiger charge is 2.35. The Balaban J connectivity index is 1.70. The van der Waals surface area contributed by atoms with Gasteiger partial charge in [0.2, 0.25) is 17.7 Å². The lowest BCUT2D eigenvalue weighted by Crippen LogP contribution is -2.27. The third-order valence-corrected chi connectivity index (χ3v) is 4.21. The first kappa shape index (κ1) is 17.4. The zero-order valence-corrected chi connectivity index (χ0v) is 15.0.